The molecule has 0 bridgehead atoms. The van der Waals surface area contributed by atoms with Crippen molar-refractivity contribution in [2.45, 2.75) is 23.7 Å². The predicted molar refractivity (Wildman–Crippen MR) is 126 cm³/mol. The van der Waals surface area contributed by atoms with Gasteiger partial charge in [-0.3, -0.25) is 4.79 Å². The average Bonchev–Trinajstić information content (AvgIpc) is 3.14. The predicted octanol–water partition coefficient (Wildman–Crippen LogP) is 4.04. The van der Waals surface area contributed by atoms with Crippen molar-refractivity contribution in [3.8, 4) is 11.3 Å². The van der Waals surface area contributed by atoms with Gasteiger partial charge < -0.3 is 20.2 Å². The molecule has 194 valence electrons. The van der Waals surface area contributed by atoms with E-state index in [4.69, 9.17) is 0 Å². The van der Waals surface area contributed by atoms with E-state index in [0.717, 1.165) is 6.26 Å². The Hall–Kier alpha value is -4.01. The molecule has 1 atom stereocenters. The number of hydrogen-bond acceptors (Lipinski definition) is 7. The fraction of sp³-hybridized carbons (Fsp3) is 0.273. The number of hydrogen-bond donors (Lipinski definition) is 3. The second-order valence-corrected chi connectivity index (χ2v) is 10.7. The SMILES string of the molecule is Cn1cnc(-c2ccc(Nc3cc(NC(=O)[C@H]4CC4(F)F)nc4nc(C(F)F)[nH]c34)c(S(C)(=O)=O)c2)c1. The maximum atomic E-state index is 13.3. The number of nitrogens with zero attached hydrogens (tertiary/aromatic N) is 4. The second-order valence-electron chi connectivity index (χ2n) is 8.72. The number of halogens is 4. The fourth-order valence-corrected chi connectivity index (χ4v) is 4.64. The lowest BCUT2D eigenvalue weighted by molar-refractivity contribution is -0.119. The number of aryl methyl sites for hydroxylation is 1. The van der Waals surface area contributed by atoms with Crippen molar-refractivity contribution >= 4 is 44.1 Å². The maximum Gasteiger partial charge on any atom is 0.295 e. The molecule has 1 amide bonds. The van der Waals surface area contributed by atoms with E-state index in [1.54, 1.807) is 30.2 Å². The van der Waals surface area contributed by atoms with Gasteiger partial charge in [-0.25, -0.2) is 40.9 Å². The van der Waals surface area contributed by atoms with Crippen LogP contribution in [0.4, 0.5) is 34.8 Å². The van der Waals surface area contributed by atoms with Gasteiger partial charge in [-0.15, -0.1) is 0 Å². The molecular weight excluding hydrogens is 518 g/mol. The molecule has 1 aliphatic rings. The first kappa shape index (κ1) is 24.7. The number of alkyl halides is 4. The molecule has 37 heavy (non-hydrogen) atoms. The van der Waals surface area contributed by atoms with Crippen molar-refractivity contribution in [2.75, 3.05) is 16.9 Å². The standard InChI is InChI=1S/C22H19F4N7O3S/c1-33-8-14(27-9-33)10-3-4-12(15(5-10)37(2,35)36)28-13-6-16(30-21(34)11-7-22(11,25)26)29-19-17(13)31-20(32-19)18(23)24/h3-6,8-9,11,18H,7H2,1-2H3,(H3,28,29,30,31,32,34)/t11-/m1/s1. The molecule has 0 saturated heterocycles. The number of H-pyrrole nitrogens is 1. The lowest BCUT2D eigenvalue weighted by atomic mass is 10.1. The number of carbonyl (C=O) groups excluding carboxylic acids is 1. The van der Waals surface area contributed by atoms with Gasteiger partial charge in [0.05, 0.1) is 28.3 Å². The summed E-state index contributed by atoms with van der Waals surface area (Å²) in [4.78, 5) is 26.4. The number of aromatic amines is 1. The molecule has 0 radical (unpaired) electrons. The van der Waals surface area contributed by atoms with Crippen LogP contribution in [0.2, 0.25) is 0 Å². The zero-order chi connectivity index (χ0) is 26.7. The largest absolute Gasteiger partial charge is 0.353 e. The number of pyridine rings is 1. The summed E-state index contributed by atoms with van der Waals surface area (Å²) < 4.78 is 80.2. The minimum absolute atomic E-state index is 0.00157. The van der Waals surface area contributed by atoms with Gasteiger partial charge in [-0.2, -0.15) is 0 Å². The first-order valence-electron chi connectivity index (χ1n) is 10.8. The Morgan fingerprint density at radius 3 is 2.54 bits per heavy atom. The van der Waals surface area contributed by atoms with E-state index >= 15 is 0 Å². The molecule has 3 heterocycles. The number of anilines is 3. The summed E-state index contributed by atoms with van der Waals surface area (Å²) in [7, 11) is -2.03. The highest BCUT2D eigenvalue weighted by molar-refractivity contribution is 7.90. The molecule has 1 aromatic carbocycles. The molecule has 1 saturated carbocycles. The topological polar surface area (TPSA) is 135 Å². The third-order valence-electron chi connectivity index (χ3n) is 5.73. The van der Waals surface area contributed by atoms with Gasteiger partial charge >= 0.3 is 0 Å². The van der Waals surface area contributed by atoms with Gasteiger partial charge in [0.15, 0.2) is 21.3 Å². The fourth-order valence-electron chi connectivity index (χ4n) is 3.78. The zero-order valence-electron chi connectivity index (χ0n) is 19.3. The van der Waals surface area contributed by atoms with Crippen LogP contribution in [0, 0.1) is 5.92 Å². The third kappa shape index (κ3) is 4.85. The molecule has 10 nitrogen and oxygen atoms in total. The summed E-state index contributed by atoms with van der Waals surface area (Å²) in [5.41, 5.74) is 0.947. The lowest BCUT2D eigenvalue weighted by Gasteiger charge is -2.14. The Balaban J connectivity index is 1.57. The van der Waals surface area contributed by atoms with Crippen LogP contribution in [-0.2, 0) is 21.7 Å². The van der Waals surface area contributed by atoms with E-state index in [9.17, 15) is 30.8 Å². The van der Waals surface area contributed by atoms with E-state index in [1.807, 2.05) is 0 Å². The van der Waals surface area contributed by atoms with Gasteiger partial charge in [-0.1, -0.05) is 6.07 Å². The highest BCUT2D eigenvalue weighted by Crippen LogP contribution is 2.49. The Morgan fingerprint density at radius 2 is 1.95 bits per heavy atom. The summed E-state index contributed by atoms with van der Waals surface area (Å²) in [6.07, 6.45) is 0.681. The normalized spacial score (nSPS) is 16.8. The van der Waals surface area contributed by atoms with Crippen LogP contribution in [0.15, 0.2) is 41.7 Å². The summed E-state index contributed by atoms with van der Waals surface area (Å²) in [5.74, 6) is -6.56. The smallest absolute Gasteiger partial charge is 0.295 e. The van der Waals surface area contributed by atoms with Crippen LogP contribution >= 0.6 is 0 Å². The zero-order valence-corrected chi connectivity index (χ0v) is 20.1. The molecule has 0 aliphatic heterocycles. The minimum Gasteiger partial charge on any atom is -0.353 e. The Bertz CT molecular complexity index is 1650. The molecule has 15 heteroatoms. The first-order valence-corrected chi connectivity index (χ1v) is 12.7. The van der Waals surface area contributed by atoms with Crippen molar-refractivity contribution in [2.24, 2.45) is 13.0 Å². The maximum absolute atomic E-state index is 13.3. The third-order valence-corrected chi connectivity index (χ3v) is 6.87. The van der Waals surface area contributed by atoms with Crippen LogP contribution in [0.1, 0.15) is 18.7 Å². The van der Waals surface area contributed by atoms with Crippen molar-refractivity contribution in [1.29, 1.82) is 0 Å². The number of benzene rings is 1. The van der Waals surface area contributed by atoms with Crippen molar-refractivity contribution in [3.05, 3.63) is 42.6 Å². The first-order chi connectivity index (χ1) is 17.3. The van der Waals surface area contributed by atoms with Crippen molar-refractivity contribution in [1.82, 2.24) is 24.5 Å². The van der Waals surface area contributed by atoms with Crippen molar-refractivity contribution in [3.63, 3.8) is 0 Å². The van der Waals surface area contributed by atoms with E-state index < -0.39 is 46.3 Å². The van der Waals surface area contributed by atoms with Crippen LogP contribution in [0.25, 0.3) is 22.4 Å². The molecule has 4 aromatic rings. The van der Waals surface area contributed by atoms with Crippen LogP contribution in [-0.4, -0.2) is 51.0 Å². The number of fused-ring (bicyclic) bond motifs is 1. The summed E-state index contributed by atoms with van der Waals surface area (Å²) in [6.45, 7) is 0. The summed E-state index contributed by atoms with van der Waals surface area (Å²) >= 11 is 0. The number of aromatic nitrogens is 5. The molecule has 5 rings (SSSR count). The molecule has 1 fully saturated rings. The summed E-state index contributed by atoms with van der Waals surface area (Å²) in [6, 6.07) is 5.72. The number of imidazole rings is 2. The summed E-state index contributed by atoms with van der Waals surface area (Å²) in [5, 5.41) is 5.13. The lowest BCUT2D eigenvalue weighted by Crippen LogP contribution is -2.18. The molecular formula is C22H19F4N7O3S. The molecule has 1 aliphatic carbocycles. The van der Waals surface area contributed by atoms with Crippen LogP contribution in [0.3, 0.4) is 0 Å². The Kier molecular flexibility index (Phi) is 5.69. The van der Waals surface area contributed by atoms with Gasteiger partial charge in [0.1, 0.15) is 17.3 Å². The number of rotatable bonds is 7. The van der Waals surface area contributed by atoms with Crippen molar-refractivity contribution < 1.29 is 30.8 Å². The second kappa shape index (κ2) is 8.54. The van der Waals surface area contributed by atoms with Gasteiger partial charge in [0, 0.05) is 37.6 Å². The monoisotopic (exact) mass is 537 g/mol. The molecule has 3 aromatic heterocycles. The number of amides is 1. The van der Waals surface area contributed by atoms with Gasteiger partial charge in [0.2, 0.25) is 5.91 Å². The average molecular weight is 537 g/mol. The highest BCUT2D eigenvalue weighted by Gasteiger charge is 2.61. The van der Waals surface area contributed by atoms with E-state index in [1.165, 1.54) is 18.2 Å². The number of sulfone groups is 1. The van der Waals surface area contributed by atoms with E-state index in [-0.39, 0.29) is 33.3 Å². The quantitative estimate of drug-likeness (QED) is 0.303. The highest BCUT2D eigenvalue weighted by atomic mass is 32.2. The van der Waals surface area contributed by atoms with E-state index in [2.05, 4.69) is 30.6 Å². The molecule has 0 spiro atoms. The minimum atomic E-state index is -3.80. The Morgan fingerprint density at radius 1 is 1.22 bits per heavy atom. The molecule has 3 N–H and O–H groups in total. The van der Waals surface area contributed by atoms with Crippen LogP contribution < -0.4 is 10.6 Å². The van der Waals surface area contributed by atoms with E-state index in [0.29, 0.717) is 11.3 Å². The molecule has 0 unspecified atom stereocenters. The number of nitrogens with one attached hydrogen (secondary N) is 3. The van der Waals surface area contributed by atoms with Gasteiger partial charge in [0.25, 0.3) is 12.3 Å². The van der Waals surface area contributed by atoms with Gasteiger partial charge in [-0.05, 0) is 12.1 Å². The number of carbonyl (C=O) groups is 1. The van der Waals surface area contributed by atoms with Crippen LogP contribution in [0.5, 0.6) is 0 Å². The Labute approximate surface area is 207 Å².